The van der Waals surface area contributed by atoms with Crippen LogP contribution in [0.15, 0.2) is 34.0 Å². The predicted molar refractivity (Wildman–Crippen MR) is 79.9 cm³/mol. The molecule has 1 aromatic carbocycles. The van der Waals surface area contributed by atoms with Gasteiger partial charge in [-0.2, -0.15) is 0 Å². The molecule has 108 valence electrons. The van der Waals surface area contributed by atoms with Crippen LogP contribution in [0.2, 0.25) is 0 Å². The SMILES string of the molecule is CCc1ccc(CN)cc1S(=O)(=O)NCc1cscn1. The van der Waals surface area contributed by atoms with Gasteiger partial charge in [0.1, 0.15) is 0 Å². The molecule has 20 heavy (non-hydrogen) atoms. The Labute approximate surface area is 122 Å². The van der Waals surface area contributed by atoms with Crippen molar-refractivity contribution in [2.45, 2.75) is 31.3 Å². The minimum atomic E-state index is -3.55. The number of rotatable bonds is 6. The first kappa shape index (κ1) is 15.1. The molecule has 0 amide bonds. The average molecular weight is 311 g/mol. The fraction of sp³-hybridized carbons (Fsp3) is 0.308. The van der Waals surface area contributed by atoms with Crippen molar-refractivity contribution >= 4 is 21.4 Å². The van der Waals surface area contributed by atoms with Crippen molar-refractivity contribution in [3.8, 4) is 0 Å². The summed E-state index contributed by atoms with van der Waals surface area (Å²) >= 11 is 1.44. The first-order valence-electron chi connectivity index (χ1n) is 6.25. The van der Waals surface area contributed by atoms with Gasteiger partial charge in [0.15, 0.2) is 0 Å². The van der Waals surface area contributed by atoms with Crippen LogP contribution in [0, 0.1) is 0 Å². The molecule has 0 radical (unpaired) electrons. The zero-order valence-corrected chi connectivity index (χ0v) is 12.8. The van der Waals surface area contributed by atoms with Crippen LogP contribution in [0.1, 0.15) is 23.7 Å². The van der Waals surface area contributed by atoms with E-state index in [4.69, 9.17) is 5.73 Å². The van der Waals surface area contributed by atoms with E-state index < -0.39 is 10.0 Å². The molecule has 0 fully saturated rings. The summed E-state index contributed by atoms with van der Waals surface area (Å²) in [5.41, 5.74) is 9.56. The molecule has 0 unspecified atom stereocenters. The molecule has 0 saturated heterocycles. The Morgan fingerprint density at radius 2 is 2.20 bits per heavy atom. The summed E-state index contributed by atoms with van der Waals surface area (Å²) in [6.07, 6.45) is 0.651. The van der Waals surface area contributed by atoms with Crippen molar-refractivity contribution < 1.29 is 8.42 Å². The number of nitrogens with zero attached hydrogens (tertiary/aromatic N) is 1. The summed E-state index contributed by atoms with van der Waals surface area (Å²) < 4.78 is 27.4. The van der Waals surface area contributed by atoms with Gasteiger partial charge in [0.25, 0.3) is 0 Å². The molecular formula is C13H17N3O2S2. The third kappa shape index (κ3) is 3.43. The fourth-order valence-electron chi connectivity index (χ4n) is 1.84. The lowest BCUT2D eigenvalue weighted by Gasteiger charge is -2.11. The fourth-order valence-corrected chi connectivity index (χ4v) is 3.76. The zero-order chi connectivity index (χ0) is 14.6. The Hall–Kier alpha value is -1.28. The number of thiazole rings is 1. The standard InChI is InChI=1S/C13H17N3O2S2/c1-2-11-4-3-10(6-14)5-13(11)20(17,18)16-7-12-8-19-9-15-12/h3-5,8-9,16H,2,6-7,14H2,1H3. The molecule has 0 aliphatic rings. The second-order valence-corrected chi connectivity index (χ2v) is 6.76. The van der Waals surface area contributed by atoms with Crippen LogP contribution in [0.5, 0.6) is 0 Å². The van der Waals surface area contributed by atoms with Crippen molar-refractivity contribution in [1.29, 1.82) is 0 Å². The first-order valence-corrected chi connectivity index (χ1v) is 8.68. The number of hydrogen-bond donors (Lipinski definition) is 2. The quantitative estimate of drug-likeness (QED) is 0.849. The van der Waals surface area contributed by atoms with Gasteiger partial charge in [-0.3, -0.25) is 0 Å². The van der Waals surface area contributed by atoms with Crippen LogP contribution < -0.4 is 10.5 Å². The van der Waals surface area contributed by atoms with Crippen LogP contribution in [0.25, 0.3) is 0 Å². The van der Waals surface area contributed by atoms with Gasteiger partial charge in [-0.1, -0.05) is 19.1 Å². The predicted octanol–water partition coefficient (Wildman–Crippen LogP) is 1.64. The smallest absolute Gasteiger partial charge is 0.241 e. The third-order valence-corrected chi connectivity index (χ3v) is 5.08. The van der Waals surface area contributed by atoms with E-state index in [0.717, 1.165) is 11.1 Å². The van der Waals surface area contributed by atoms with Crippen molar-refractivity contribution in [2.75, 3.05) is 0 Å². The molecule has 5 nitrogen and oxygen atoms in total. The first-order chi connectivity index (χ1) is 9.56. The highest BCUT2D eigenvalue weighted by Gasteiger charge is 2.18. The van der Waals surface area contributed by atoms with Gasteiger partial charge in [-0.05, 0) is 23.6 Å². The van der Waals surface area contributed by atoms with E-state index >= 15 is 0 Å². The van der Waals surface area contributed by atoms with Crippen molar-refractivity contribution in [3.05, 3.63) is 45.9 Å². The number of benzene rings is 1. The summed E-state index contributed by atoms with van der Waals surface area (Å²) in [5.74, 6) is 0. The van der Waals surface area contributed by atoms with Gasteiger partial charge in [0.05, 0.1) is 22.6 Å². The molecule has 0 saturated carbocycles. The number of hydrogen-bond acceptors (Lipinski definition) is 5. The van der Waals surface area contributed by atoms with Crippen LogP contribution >= 0.6 is 11.3 Å². The number of sulfonamides is 1. The minimum absolute atomic E-state index is 0.196. The third-order valence-electron chi connectivity index (χ3n) is 2.96. The van der Waals surface area contributed by atoms with Gasteiger partial charge in [-0.15, -0.1) is 11.3 Å². The highest BCUT2D eigenvalue weighted by molar-refractivity contribution is 7.89. The van der Waals surface area contributed by atoms with Gasteiger partial charge >= 0.3 is 0 Å². The molecule has 1 aromatic heterocycles. The summed E-state index contributed by atoms with van der Waals surface area (Å²) in [5, 5.41) is 1.82. The van der Waals surface area contributed by atoms with E-state index in [0.29, 0.717) is 23.6 Å². The maximum Gasteiger partial charge on any atom is 0.241 e. The van der Waals surface area contributed by atoms with E-state index in [-0.39, 0.29) is 6.54 Å². The van der Waals surface area contributed by atoms with Crippen LogP contribution in [0.3, 0.4) is 0 Å². The Bertz CT molecular complexity index is 667. The lowest BCUT2D eigenvalue weighted by molar-refractivity contribution is 0.579. The number of nitrogens with two attached hydrogens (primary N) is 1. The number of nitrogens with one attached hydrogen (secondary N) is 1. The van der Waals surface area contributed by atoms with Gasteiger partial charge in [0, 0.05) is 11.9 Å². The Kier molecular flexibility index (Phi) is 4.87. The van der Waals surface area contributed by atoms with E-state index in [1.807, 2.05) is 24.4 Å². The molecular weight excluding hydrogens is 294 g/mol. The molecule has 7 heteroatoms. The number of aryl methyl sites for hydroxylation is 1. The van der Waals surface area contributed by atoms with Crippen molar-refractivity contribution in [3.63, 3.8) is 0 Å². The largest absolute Gasteiger partial charge is 0.326 e. The Morgan fingerprint density at radius 1 is 1.40 bits per heavy atom. The molecule has 0 spiro atoms. The maximum atomic E-state index is 12.4. The minimum Gasteiger partial charge on any atom is -0.326 e. The van der Waals surface area contributed by atoms with E-state index in [1.165, 1.54) is 11.3 Å². The lowest BCUT2D eigenvalue weighted by atomic mass is 10.1. The maximum absolute atomic E-state index is 12.4. The van der Waals surface area contributed by atoms with E-state index in [2.05, 4.69) is 9.71 Å². The van der Waals surface area contributed by atoms with E-state index in [9.17, 15) is 8.42 Å². The molecule has 0 atom stereocenters. The summed E-state index contributed by atoms with van der Waals surface area (Å²) in [4.78, 5) is 4.36. The second kappa shape index (κ2) is 6.45. The Balaban J connectivity index is 2.28. The lowest BCUT2D eigenvalue weighted by Crippen LogP contribution is -2.24. The topological polar surface area (TPSA) is 85.1 Å². The zero-order valence-electron chi connectivity index (χ0n) is 11.2. The second-order valence-electron chi connectivity index (χ2n) is 4.30. The summed E-state index contributed by atoms with van der Waals surface area (Å²) in [6.45, 7) is 2.44. The van der Waals surface area contributed by atoms with Crippen LogP contribution in [-0.2, 0) is 29.5 Å². The molecule has 2 rings (SSSR count). The van der Waals surface area contributed by atoms with Crippen LogP contribution in [-0.4, -0.2) is 13.4 Å². The molecule has 0 bridgehead atoms. The van der Waals surface area contributed by atoms with E-state index in [1.54, 1.807) is 11.6 Å². The summed E-state index contributed by atoms with van der Waals surface area (Å²) in [6, 6.07) is 5.32. The molecule has 0 aliphatic carbocycles. The summed E-state index contributed by atoms with van der Waals surface area (Å²) in [7, 11) is -3.55. The highest BCUT2D eigenvalue weighted by atomic mass is 32.2. The molecule has 3 N–H and O–H groups in total. The van der Waals surface area contributed by atoms with Crippen molar-refractivity contribution in [1.82, 2.24) is 9.71 Å². The molecule has 2 aromatic rings. The van der Waals surface area contributed by atoms with Gasteiger partial charge in [0.2, 0.25) is 10.0 Å². The molecule has 0 aliphatic heterocycles. The van der Waals surface area contributed by atoms with Gasteiger partial charge in [-0.25, -0.2) is 18.1 Å². The average Bonchev–Trinajstić information content (AvgIpc) is 2.98. The molecule has 1 heterocycles. The van der Waals surface area contributed by atoms with Crippen LogP contribution in [0.4, 0.5) is 0 Å². The monoisotopic (exact) mass is 311 g/mol. The number of aromatic nitrogens is 1. The van der Waals surface area contributed by atoms with Gasteiger partial charge < -0.3 is 5.73 Å². The normalized spacial score (nSPS) is 11.7. The highest BCUT2D eigenvalue weighted by Crippen LogP contribution is 2.19. The Morgan fingerprint density at radius 3 is 2.80 bits per heavy atom. The van der Waals surface area contributed by atoms with Crippen molar-refractivity contribution in [2.24, 2.45) is 5.73 Å².